The van der Waals surface area contributed by atoms with Crippen molar-refractivity contribution in [3.63, 3.8) is 0 Å². The molecule has 1 heterocycles. The Hall–Kier alpha value is -2.50. The van der Waals surface area contributed by atoms with Gasteiger partial charge < -0.3 is 15.4 Å². The standard InChI is InChI=1S/C15H14ClN5O2S/c1-23-12(22)8-18-13-9(7-17)14(21-15(20-13)24-2)19-11-6-4-3-5-10(11)16/h3-6H,8H2,1-2H3,(H2,18,19,20,21). The van der Waals surface area contributed by atoms with Crippen molar-refractivity contribution in [3.8, 4) is 6.07 Å². The molecule has 0 aliphatic rings. The highest BCUT2D eigenvalue weighted by molar-refractivity contribution is 7.98. The van der Waals surface area contributed by atoms with Crippen LogP contribution in [0.5, 0.6) is 0 Å². The lowest BCUT2D eigenvalue weighted by Gasteiger charge is -2.13. The van der Waals surface area contributed by atoms with Gasteiger partial charge in [-0.3, -0.25) is 4.79 Å². The zero-order chi connectivity index (χ0) is 17.5. The molecule has 7 nitrogen and oxygen atoms in total. The van der Waals surface area contributed by atoms with E-state index in [1.54, 1.807) is 18.2 Å². The van der Waals surface area contributed by atoms with Crippen LogP contribution in [0.2, 0.25) is 5.02 Å². The Morgan fingerprint density at radius 3 is 2.71 bits per heavy atom. The van der Waals surface area contributed by atoms with Gasteiger partial charge in [-0.15, -0.1) is 0 Å². The number of rotatable bonds is 6. The van der Waals surface area contributed by atoms with E-state index in [0.717, 1.165) is 0 Å². The maximum atomic E-state index is 11.3. The number of nitrogens with zero attached hydrogens (tertiary/aromatic N) is 3. The van der Waals surface area contributed by atoms with Crippen molar-refractivity contribution >= 4 is 46.7 Å². The van der Waals surface area contributed by atoms with Gasteiger partial charge in [0.2, 0.25) is 0 Å². The number of thioether (sulfide) groups is 1. The molecular weight excluding hydrogens is 350 g/mol. The smallest absolute Gasteiger partial charge is 0.325 e. The van der Waals surface area contributed by atoms with Gasteiger partial charge in [0, 0.05) is 0 Å². The van der Waals surface area contributed by atoms with Gasteiger partial charge in [-0.05, 0) is 18.4 Å². The Labute approximate surface area is 148 Å². The zero-order valence-electron chi connectivity index (χ0n) is 13.0. The summed E-state index contributed by atoms with van der Waals surface area (Å²) in [4.78, 5) is 19.9. The summed E-state index contributed by atoms with van der Waals surface area (Å²) < 4.78 is 4.58. The summed E-state index contributed by atoms with van der Waals surface area (Å²) in [6, 6.07) is 9.15. The molecule has 0 saturated carbocycles. The summed E-state index contributed by atoms with van der Waals surface area (Å²) in [6.07, 6.45) is 1.81. The number of anilines is 3. The predicted octanol–water partition coefficient (Wildman–Crippen LogP) is 3.05. The molecule has 0 aliphatic carbocycles. The van der Waals surface area contributed by atoms with E-state index in [1.165, 1.54) is 18.9 Å². The third-order valence-electron chi connectivity index (χ3n) is 2.94. The van der Waals surface area contributed by atoms with Gasteiger partial charge in [-0.1, -0.05) is 35.5 Å². The normalized spacial score (nSPS) is 9.92. The number of aromatic nitrogens is 2. The SMILES string of the molecule is COC(=O)CNc1nc(SC)nc(Nc2ccccc2Cl)c1C#N. The lowest BCUT2D eigenvalue weighted by Crippen LogP contribution is -2.17. The van der Waals surface area contributed by atoms with Gasteiger partial charge in [0.25, 0.3) is 0 Å². The van der Waals surface area contributed by atoms with Crippen molar-refractivity contribution in [1.82, 2.24) is 9.97 Å². The summed E-state index contributed by atoms with van der Waals surface area (Å²) in [7, 11) is 1.28. The Kier molecular flexibility index (Phi) is 6.23. The molecular formula is C15H14ClN5O2S. The van der Waals surface area contributed by atoms with Crippen LogP contribution in [0, 0.1) is 11.3 Å². The second-order valence-electron chi connectivity index (χ2n) is 4.43. The summed E-state index contributed by atoms with van der Waals surface area (Å²) >= 11 is 7.44. The first kappa shape index (κ1) is 17.8. The summed E-state index contributed by atoms with van der Waals surface area (Å²) in [5, 5.41) is 16.2. The Bertz CT molecular complexity index is 794. The summed E-state index contributed by atoms with van der Waals surface area (Å²) in [5.74, 6) is 0.0814. The van der Waals surface area contributed by atoms with Crippen molar-refractivity contribution in [3.05, 3.63) is 34.9 Å². The predicted molar refractivity (Wildman–Crippen MR) is 93.8 cm³/mol. The minimum absolute atomic E-state index is 0.110. The average Bonchev–Trinajstić information content (AvgIpc) is 2.61. The number of hydrogen-bond acceptors (Lipinski definition) is 8. The summed E-state index contributed by atoms with van der Waals surface area (Å²) in [6.45, 7) is -0.110. The monoisotopic (exact) mass is 363 g/mol. The molecule has 2 aromatic rings. The molecule has 0 bridgehead atoms. The van der Waals surface area contributed by atoms with Crippen molar-refractivity contribution in [2.24, 2.45) is 0 Å². The van der Waals surface area contributed by atoms with Crippen LogP contribution < -0.4 is 10.6 Å². The van der Waals surface area contributed by atoms with Crippen LogP contribution in [0.25, 0.3) is 0 Å². The van der Waals surface area contributed by atoms with Crippen molar-refractivity contribution in [1.29, 1.82) is 5.26 Å². The Balaban J connectivity index is 2.41. The number of halogens is 1. The molecule has 0 fully saturated rings. The quantitative estimate of drug-likeness (QED) is 0.459. The van der Waals surface area contributed by atoms with E-state index in [1.807, 2.05) is 18.4 Å². The first-order valence-corrected chi connectivity index (χ1v) is 8.37. The van der Waals surface area contributed by atoms with E-state index in [0.29, 0.717) is 21.7 Å². The number of nitriles is 1. The minimum atomic E-state index is -0.469. The molecule has 0 saturated heterocycles. The van der Waals surface area contributed by atoms with Gasteiger partial charge in [-0.2, -0.15) is 5.26 Å². The number of carbonyl (C=O) groups excluding carboxylic acids is 1. The van der Waals surface area contributed by atoms with Crippen LogP contribution >= 0.6 is 23.4 Å². The fourth-order valence-electron chi connectivity index (χ4n) is 1.77. The van der Waals surface area contributed by atoms with Crippen LogP contribution in [-0.2, 0) is 9.53 Å². The van der Waals surface area contributed by atoms with Gasteiger partial charge >= 0.3 is 5.97 Å². The number of esters is 1. The van der Waals surface area contributed by atoms with E-state index in [2.05, 4.69) is 25.3 Å². The number of methoxy groups -OCH3 is 1. The molecule has 0 spiro atoms. The number of hydrogen-bond donors (Lipinski definition) is 2. The number of nitrogens with one attached hydrogen (secondary N) is 2. The average molecular weight is 364 g/mol. The molecule has 0 amide bonds. The molecule has 2 rings (SSSR count). The highest BCUT2D eigenvalue weighted by atomic mass is 35.5. The van der Waals surface area contributed by atoms with Gasteiger partial charge in [-0.25, -0.2) is 9.97 Å². The lowest BCUT2D eigenvalue weighted by atomic mass is 10.2. The maximum absolute atomic E-state index is 11.3. The molecule has 24 heavy (non-hydrogen) atoms. The van der Waals surface area contributed by atoms with Gasteiger partial charge in [0.1, 0.15) is 18.2 Å². The first-order valence-electron chi connectivity index (χ1n) is 6.77. The fraction of sp³-hybridized carbons (Fsp3) is 0.200. The van der Waals surface area contributed by atoms with Gasteiger partial charge in [0.05, 0.1) is 17.8 Å². The topological polar surface area (TPSA) is 99.9 Å². The Morgan fingerprint density at radius 1 is 1.38 bits per heavy atom. The second-order valence-corrected chi connectivity index (χ2v) is 5.61. The highest BCUT2D eigenvalue weighted by Crippen LogP contribution is 2.29. The molecule has 9 heteroatoms. The highest BCUT2D eigenvalue weighted by Gasteiger charge is 2.16. The number of para-hydroxylation sites is 1. The molecule has 0 aliphatic heterocycles. The third kappa shape index (κ3) is 4.28. The van der Waals surface area contributed by atoms with E-state index < -0.39 is 5.97 Å². The third-order valence-corrected chi connectivity index (χ3v) is 3.81. The minimum Gasteiger partial charge on any atom is -0.468 e. The van der Waals surface area contributed by atoms with Gasteiger partial charge in [0.15, 0.2) is 16.8 Å². The number of carbonyl (C=O) groups is 1. The number of ether oxygens (including phenoxy) is 1. The first-order chi connectivity index (χ1) is 11.6. The molecule has 124 valence electrons. The van der Waals surface area contributed by atoms with Crippen molar-refractivity contribution < 1.29 is 9.53 Å². The molecule has 2 N–H and O–H groups in total. The van der Waals surface area contributed by atoms with E-state index in [4.69, 9.17) is 11.6 Å². The molecule has 1 aromatic heterocycles. The van der Waals surface area contributed by atoms with Crippen LogP contribution in [0.3, 0.4) is 0 Å². The molecule has 0 unspecified atom stereocenters. The van der Waals surface area contributed by atoms with E-state index in [9.17, 15) is 10.1 Å². The molecule has 0 atom stereocenters. The largest absolute Gasteiger partial charge is 0.468 e. The maximum Gasteiger partial charge on any atom is 0.325 e. The van der Waals surface area contributed by atoms with Crippen LogP contribution in [0.4, 0.5) is 17.3 Å². The van der Waals surface area contributed by atoms with Crippen LogP contribution in [0.1, 0.15) is 5.56 Å². The van der Waals surface area contributed by atoms with Crippen molar-refractivity contribution in [2.45, 2.75) is 5.16 Å². The summed E-state index contributed by atoms with van der Waals surface area (Å²) in [5.41, 5.74) is 0.789. The van der Waals surface area contributed by atoms with Crippen molar-refractivity contribution in [2.75, 3.05) is 30.5 Å². The zero-order valence-corrected chi connectivity index (χ0v) is 14.5. The fourth-order valence-corrected chi connectivity index (χ4v) is 2.32. The Morgan fingerprint density at radius 2 is 2.08 bits per heavy atom. The second kappa shape index (κ2) is 8.38. The number of benzene rings is 1. The molecule has 1 aromatic carbocycles. The van der Waals surface area contributed by atoms with Crippen LogP contribution in [0.15, 0.2) is 29.4 Å². The van der Waals surface area contributed by atoms with Crippen LogP contribution in [-0.4, -0.2) is 35.8 Å². The molecule has 0 radical (unpaired) electrons. The lowest BCUT2D eigenvalue weighted by molar-refractivity contribution is -0.138. The van der Waals surface area contributed by atoms with E-state index >= 15 is 0 Å². The van der Waals surface area contributed by atoms with E-state index in [-0.39, 0.29) is 17.9 Å².